The monoisotopic (exact) mass is 360 g/mol. The lowest BCUT2D eigenvalue weighted by atomic mass is 9.89. The van der Waals surface area contributed by atoms with Crippen molar-refractivity contribution in [2.24, 2.45) is 0 Å². The van der Waals surface area contributed by atoms with E-state index in [0.717, 1.165) is 50.3 Å². The summed E-state index contributed by atoms with van der Waals surface area (Å²) < 4.78 is 0. The minimum atomic E-state index is -0.376. The summed E-state index contributed by atoms with van der Waals surface area (Å²) in [6, 6.07) is 7.64. The number of anilines is 1. The highest BCUT2D eigenvalue weighted by atomic mass is 16.2. The number of carbonyl (C=O) groups excluding carboxylic acids is 2. The van der Waals surface area contributed by atoms with E-state index in [9.17, 15) is 9.59 Å². The molecule has 0 radical (unpaired) electrons. The normalized spacial score (nSPS) is 16.5. The molecule has 0 spiro atoms. The molecule has 144 valence electrons. The number of hydrogen-bond acceptors (Lipinski definition) is 4. The highest BCUT2D eigenvalue weighted by Gasteiger charge is 2.33. The number of rotatable bonds is 9. The molecule has 0 fully saturated rings. The Bertz CT molecular complexity index is 602. The Morgan fingerprint density at radius 2 is 1.58 bits per heavy atom. The fraction of sp³-hybridized carbons (Fsp3) is 0.600. The largest absolute Gasteiger partial charge is 0.342 e. The van der Waals surface area contributed by atoms with Gasteiger partial charge in [0.2, 0.25) is 11.8 Å². The van der Waals surface area contributed by atoms with Gasteiger partial charge in [-0.3, -0.25) is 9.59 Å². The molecule has 1 aromatic carbocycles. The summed E-state index contributed by atoms with van der Waals surface area (Å²) in [5, 5.41) is 2.88. The van der Waals surface area contributed by atoms with Crippen LogP contribution in [0.5, 0.6) is 0 Å². The van der Waals surface area contributed by atoms with Gasteiger partial charge in [0.25, 0.3) is 0 Å². The van der Waals surface area contributed by atoms with Gasteiger partial charge in [-0.1, -0.05) is 18.2 Å². The zero-order valence-electron chi connectivity index (χ0n) is 16.5. The van der Waals surface area contributed by atoms with Crippen molar-refractivity contribution in [2.45, 2.75) is 25.2 Å². The predicted molar refractivity (Wildman–Crippen MR) is 105 cm³/mol. The average molecular weight is 361 g/mol. The van der Waals surface area contributed by atoms with Crippen LogP contribution in [0.4, 0.5) is 5.69 Å². The Morgan fingerprint density at radius 3 is 2.15 bits per heavy atom. The number of nitrogens with one attached hydrogen (secondary N) is 1. The summed E-state index contributed by atoms with van der Waals surface area (Å²) in [4.78, 5) is 31.6. The summed E-state index contributed by atoms with van der Waals surface area (Å²) in [6.45, 7) is 3.34. The Labute approximate surface area is 157 Å². The number of benzene rings is 1. The Balaban J connectivity index is 2.12. The SMILES string of the molecule is CN(C)CCCN(CCCN(C)C)C(=O)C1CC(=O)Nc2ccccc21. The molecule has 1 aliphatic rings. The van der Waals surface area contributed by atoms with Crippen LogP contribution in [0.2, 0.25) is 0 Å². The van der Waals surface area contributed by atoms with Crippen LogP contribution in [0.25, 0.3) is 0 Å². The third kappa shape index (κ3) is 5.81. The minimum Gasteiger partial charge on any atom is -0.342 e. The molecule has 26 heavy (non-hydrogen) atoms. The number of hydrogen-bond donors (Lipinski definition) is 1. The molecule has 1 aromatic rings. The Hall–Kier alpha value is -1.92. The molecule has 1 atom stereocenters. The van der Waals surface area contributed by atoms with E-state index < -0.39 is 0 Å². The lowest BCUT2D eigenvalue weighted by Crippen LogP contribution is -2.41. The number of fused-ring (bicyclic) bond motifs is 1. The lowest BCUT2D eigenvalue weighted by molar-refractivity contribution is -0.135. The summed E-state index contributed by atoms with van der Waals surface area (Å²) in [7, 11) is 8.17. The minimum absolute atomic E-state index is 0.0739. The van der Waals surface area contributed by atoms with E-state index in [1.807, 2.05) is 57.4 Å². The van der Waals surface area contributed by atoms with Gasteiger partial charge >= 0.3 is 0 Å². The standard InChI is InChI=1S/C20H32N4O2/c1-22(2)11-7-13-24(14-8-12-23(3)4)20(26)17-15-19(25)21-18-10-6-5-9-16(17)18/h5-6,9-10,17H,7-8,11-15H2,1-4H3,(H,21,25). The van der Waals surface area contributed by atoms with Crippen LogP contribution in [0.1, 0.15) is 30.7 Å². The van der Waals surface area contributed by atoms with Gasteiger partial charge in [0.1, 0.15) is 0 Å². The molecule has 6 heteroatoms. The van der Waals surface area contributed by atoms with Gasteiger partial charge in [-0.05, 0) is 65.8 Å². The van der Waals surface area contributed by atoms with Crippen molar-refractivity contribution >= 4 is 17.5 Å². The van der Waals surface area contributed by atoms with Crippen molar-refractivity contribution in [3.63, 3.8) is 0 Å². The third-order valence-electron chi connectivity index (χ3n) is 4.68. The van der Waals surface area contributed by atoms with Crippen molar-refractivity contribution in [1.29, 1.82) is 0 Å². The highest BCUT2D eigenvalue weighted by molar-refractivity contribution is 6.01. The first-order valence-corrected chi connectivity index (χ1v) is 9.35. The van der Waals surface area contributed by atoms with Crippen LogP contribution in [-0.2, 0) is 9.59 Å². The van der Waals surface area contributed by atoms with E-state index in [-0.39, 0.29) is 24.2 Å². The number of nitrogens with zero attached hydrogens (tertiary/aromatic N) is 3. The second-order valence-corrected chi connectivity index (χ2v) is 7.53. The summed E-state index contributed by atoms with van der Waals surface area (Å²) in [5.74, 6) is -0.382. The van der Waals surface area contributed by atoms with Crippen molar-refractivity contribution in [1.82, 2.24) is 14.7 Å². The smallest absolute Gasteiger partial charge is 0.230 e. The summed E-state index contributed by atoms with van der Waals surface area (Å²) in [5.41, 5.74) is 1.70. The molecule has 0 saturated heterocycles. The maximum Gasteiger partial charge on any atom is 0.230 e. The Kier molecular flexibility index (Phi) is 7.60. The van der Waals surface area contributed by atoms with E-state index in [1.165, 1.54) is 0 Å². The molecule has 1 N–H and O–H groups in total. The van der Waals surface area contributed by atoms with Gasteiger partial charge in [-0.25, -0.2) is 0 Å². The molecule has 0 saturated carbocycles. The summed E-state index contributed by atoms with van der Waals surface area (Å²) >= 11 is 0. The van der Waals surface area contributed by atoms with E-state index >= 15 is 0 Å². The predicted octanol–water partition coefficient (Wildman–Crippen LogP) is 1.84. The van der Waals surface area contributed by atoms with Crippen molar-refractivity contribution in [2.75, 3.05) is 59.7 Å². The lowest BCUT2D eigenvalue weighted by Gasteiger charge is -2.31. The zero-order chi connectivity index (χ0) is 19.1. The quantitative estimate of drug-likeness (QED) is 0.730. The third-order valence-corrected chi connectivity index (χ3v) is 4.68. The fourth-order valence-corrected chi connectivity index (χ4v) is 3.34. The molecule has 0 bridgehead atoms. The number of carbonyl (C=O) groups is 2. The maximum atomic E-state index is 13.3. The van der Waals surface area contributed by atoms with Crippen molar-refractivity contribution in [3.8, 4) is 0 Å². The van der Waals surface area contributed by atoms with E-state index in [1.54, 1.807) is 0 Å². The van der Waals surface area contributed by atoms with Crippen LogP contribution in [-0.4, -0.2) is 80.9 Å². The van der Waals surface area contributed by atoms with Gasteiger partial charge in [-0.15, -0.1) is 0 Å². The average Bonchev–Trinajstić information content (AvgIpc) is 2.58. The molecular weight excluding hydrogens is 328 g/mol. The van der Waals surface area contributed by atoms with E-state index in [0.29, 0.717) is 0 Å². The van der Waals surface area contributed by atoms with Gasteiger partial charge in [0.05, 0.1) is 5.92 Å². The molecule has 1 unspecified atom stereocenters. The fourth-order valence-electron chi connectivity index (χ4n) is 3.34. The van der Waals surface area contributed by atoms with Crippen LogP contribution in [0.3, 0.4) is 0 Å². The molecule has 1 aliphatic heterocycles. The first kappa shape index (κ1) is 20.4. The second kappa shape index (κ2) is 9.69. The van der Waals surface area contributed by atoms with E-state index in [4.69, 9.17) is 0 Å². The van der Waals surface area contributed by atoms with Crippen molar-refractivity contribution in [3.05, 3.63) is 29.8 Å². The number of amides is 2. The highest BCUT2D eigenvalue weighted by Crippen LogP contribution is 2.33. The van der Waals surface area contributed by atoms with Gasteiger partial charge in [0, 0.05) is 25.2 Å². The number of para-hydroxylation sites is 1. The summed E-state index contributed by atoms with van der Waals surface area (Å²) in [6.07, 6.45) is 2.09. The van der Waals surface area contributed by atoms with Gasteiger partial charge < -0.3 is 20.0 Å². The molecule has 6 nitrogen and oxygen atoms in total. The molecule has 0 aliphatic carbocycles. The molecule has 0 aromatic heterocycles. The van der Waals surface area contributed by atoms with Gasteiger partial charge in [0.15, 0.2) is 0 Å². The van der Waals surface area contributed by atoms with Gasteiger partial charge in [-0.2, -0.15) is 0 Å². The van der Waals surface area contributed by atoms with Crippen LogP contribution in [0.15, 0.2) is 24.3 Å². The van der Waals surface area contributed by atoms with Crippen LogP contribution >= 0.6 is 0 Å². The second-order valence-electron chi connectivity index (χ2n) is 7.53. The van der Waals surface area contributed by atoms with E-state index in [2.05, 4.69) is 15.1 Å². The zero-order valence-corrected chi connectivity index (χ0v) is 16.5. The first-order valence-electron chi connectivity index (χ1n) is 9.35. The Morgan fingerprint density at radius 1 is 1.00 bits per heavy atom. The topological polar surface area (TPSA) is 55.9 Å². The molecule has 2 amide bonds. The molecule has 2 rings (SSSR count). The maximum absolute atomic E-state index is 13.3. The molecule has 1 heterocycles. The van der Waals surface area contributed by atoms with Crippen LogP contribution < -0.4 is 5.32 Å². The molecular formula is C20H32N4O2. The van der Waals surface area contributed by atoms with Crippen LogP contribution in [0, 0.1) is 0 Å². The van der Waals surface area contributed by atoms with Crippen molar-refractivity contribution < 1.29 is 9.59 Å². The first-order chi connectivity index (χ1) is 12.4.